The lowest BCUT2D eigenvalue weighted by molar-refractivity contribution is -0.139. The summed E-state index contributed by atoms with van der Waals surface area (Å²) in [5, 5.41) is 3.89. The summed E-state index contributed by atoms with van der Waals surface area (Å²) in [5.74, 6) is 0.620. The summed E-state index contributed by atoms with van der Waals surface area (Å²) < 4.78 is 71.7. The Balaban J connectivity index is 1.86. The second-order valence-electron chi connectivity index (χ2n) is 6.22. The molecule has 0 atom stereocenters. The van der Waals surface area contributed by atoms with Gasteiger partial charge < -0.3 is 4.52 Å². The van der Waals surface area contributed by atoms with Crippen LogP contribution in [0.3, 0.4) is 0 Å². The molecule has 148 valence electrons. The molecule has 1 heterocycles. The van der Waals surface area contributed by atoms with Crippen LogP contribution in [0.1, 0.15) is 22.6 Å². The number of aromatic nitrogens is 1. The van der Waals surface area contributed by atoms with E-state index >= 15 is 0 Å². The molecule has 0 saturated carbocycles. The molecule has 3 aromatic rings. The summed E-state index contributed by atoms with van der Waals surface area (Å²) in [6.07, 6.45) is -4.77. The van der Waals surface area contributed by atoms with E-state index in [1.165, 1.54) is 6.07 Å². The van der Waals surface area contributed by atoms with E-state index in [4.69, 9.17) is 4.52 Å². The number of nitrogens with zero attached hydrogens (tertiary/aromatic N) is 1. The largest absolute Gasteiger partial charge is 0.417 e. The molecule has 0 unspecified atom stereocenters. The predicted octanol–water partition coefficient (Wildman–Crippen LogP) is 4.46. The fraction of sp³-hybridized carbons (Fsp3) is 0.211. The van der Waals surface area contributed by atoms with Crippen molar-refractivity contribution in [3.8, 4) is 11.1 Å². The van der Waals surface area contributed by atoms with Gasteiger partial charge in [-0.25, -0.2) is 13.1 Å². The highest BCUT2D eigenvalue weighted by Gasteiger charge is 2.36. The molecular formula is C19H17F3N2O3S. The van der Waals surface area contributed by atoms with E-state index in [1.54, 1.807) is 32.0 Å². The number of aryl methyl sites for hydroxylation is 2. The Morgan fingerprint density at radius 1 is 1.07 bits per heavy atom. The minimum atomic E-state index is -4.77. The van der Waals surface area contributed by atoms with Gasteiger partial charge in [-0.15, -0.1) is 0 Å². The van der Waals surface area contributed by atoms with Crippen LogP contribution in [0.2, 0.25) is 0 Å². The van der Waals surface area contributed by atoms with Crippen molar-refractivity contribution in [2.24, 2.45) is 0 Å². The van der Waals surface area contributed by atoms with Gasteiger partial charge in [0.05, 0.1) is 16.2 Å². The first-order chi connectivity index (χ1) is 13.1. The zero-order valence-electron chi connectivity index (χ0n) is 15.0. The van der Waals surface area contributed by atoms with Gasteiger partial charge in [0.15, 0.2) is 0 Å². The molecule has 0 aliphatic carbocycles. The van der Waals surface area contributed by atoms with Crippen LogP contribution < -0.4 is 4.72 Å². The fourth-order valence-corrected chi connectivity index (χ4v) is 4.17. The Labute approximate surface area is 160 Å². The average Bonchev–Trinajstić information content (AvgIpc) is 2.98. The van der Waals surface area contributed by atoms with Crippen molar-refractivity contribution in [2.45, 2.75) is 31.5 Å². The van der Waals surface area contributed by atoms with Crippen molar-refractivity contribution >= 4 is 10.0 Å². The fourth-order valence-electron chi connectivity index (χ4n) is 2.92. The maximum absolute atomic E-state index is 13.1. The average molecular weight is 410 g/mol. The summed E-state index contributed by atoms with van der Waals surface area (Å²) >= 11 is 0. The van der Waals surface area contributed by atoms with E-state index in [0.717, 1.165) is 29.3 Å². The van der Waals surface area contributed by atoms with Crippen LogP contribution in [-0.4, -0.2) is 13.6 Å². The van der Waals surface area contributed by atoms with Gasteiger partial charge in [-0.3, -0.25) is 0 Å². The lowest BCUT2D eigenvalue weighted by atomic mass is 10.0. The predicted molar refractivity (Wildman–Crippen MR) is 96.9 cm³/mol. The zero-order chi connectivity index (χ0) is 20.5. The minimum absolute atomic E-state index is 0.161. The molecule has 0 aliphatic heterocycles. The number of benzene rings is 2. The number of rotatable bonds is 5. The van der Waals surface area contributed by atoms with E-state index in [-0.39, 0.29) is 6.54 Å². The van der Waals surface area contributed by atoms with Crippen molar-refractivity contribution in [1.82, 2.24) is 9.88 Å². The van der Waals surface area contributed by atoms with Gasteiger partial charge in [-0.05, 0) is 43.2 Å². The number of hydrogen-bond donors (Lipinski definition) is 1. The van der Waals surface area contributed by atoms with Crippen LogP contribution in [0.4, 0.5) is 13.2 Å². The standard InChI is InChI=1S/C19H17F3N2O3S/c1-12-18(13(2)27-24-12)15-7-5-6-14(10-15)11-23-28(25,26)17-9-4-3-8-16(17)19(20,21)22/h3-10,23H,11H2,1-2H3. The Morgan fingerprint density at radius 2 is 1.79 bits per heavy atom. The maximum Gasteiger partial charge on any atom is 0.417 e. The van der Waals surface area contributed by atoms with Crippen LogP contribution in [0.5, 0.6) is 0 Å². The topological polar surface area (TPSA) is 72.2 Å². The van der Waals surface area contributed by atoms with E-state index in [1.807, 2.05) is 6.07 Å². The molecule has 0 aliphatic rings. The van der Waals surface area contributed by atoms with Crippen molar-refractivity contribution in [3.63, 3.8) is 0 Å². The molecule has 0 radical (unpaired) electrons. The van der Waals surface area contributed by atoms with Crippen LogP contribution in [0.15, 0.2) is 57.9 Å². The van der Waals surface area contributed by atoms with Gasteiger partial charge in [0.2, 0.25) is 10.0 Å². The van der Waals surface area contributed by atoms with Crippen LogP contribution in [0, 0.1) is 13.8 Å². The van der Waals surface area contributed by atoms with E-state index in [9.17, 15) is 21.6 Å². The maximum atomic E-state index is 13.1. The number of alkyl halides is 3. The van der Waals surface area contributed by atoms with Crippen molar-refractivity contribution in [3.05, 3.63) is 71.1 Å². The Bertz CT molecular complexity index is 1090. The van der Waals surface area contributed by atoms with Gasteiger partial charge in [-0.1, -0.05) is 35.5 Å². The molecular weight excluding hydrogens is 393 g/mol. The molecule has 0 amide bonds. The van der Waals surface area contributed by atoms with Crippen LogP contribution in [0.25, 0.3) is 11.1 Å². The summed E-state index contributed by atoms with van der Waals surface area (Å²) in [6, 6.07) is 11.1. The van der Waals surface area contributed by atoms with E-state index in [2.05, 4.69) is 9.88 Å². The molecule has 0 fully saturated rings. The third kappa shape index (κ3) is 4.10. The first kappa shape index (κ1) is 20.1. The number of nitrogens with one attached hydrogen (secondary N) is 1. The monoisotopic (exact) mass is 410 g/mol. The molecule has 9 heteroatoms. The van der Waals surface area contributed by atoms with Gasteiger partial charge in [0, 0.05) is 12.1 Å². The van der Waals surface area contributed by atoms with Gasteiger partial charge in [-0.2, -0.15) is 13.2 Å². The number of halogens is 3. The highest BCUT2D eigenvalue weighted by molar-refractivity contribution is 7.89. The summed E-state index contributed by atoms with van der Waals surface area (Å²) in [6.45, 7) is 3.39. The van der Waals surface area contributed by atoms with Crippen molar-refractivity contribution in [2.75, 3.05) is 0 Å². The molecule has 0 spiro atoms. The van der Waals surface area contributed by atoms with Crippen LogP contribution >= 0.6 is 0 Å². The number of sulfonamides is 1. The number of hydrogen-bond acceptors (Lipinski definition) is 4. The summed E-state index contributed by atoms with van der Waals surface area (Å²) in [5.41, 5.74) is 1.66. The molecule has 1 aromatic heterocycles. The Morgan fingerprint density at radius 3 is 2.43 bits per heavy atom. The molecule has 3 rings (SSSR count). The second kappa shape index (κ2) is 7.40. The molecule has 2 aromatic carbocycles. The Hall–Kier alpha value is -2.65. The summed E-state index contributed by atoms with van der Waals surface area (Å²) in [4.78, 5) is -0.802. The molecule has 0 saturated heterocycles. The molecule has 28 heavy (non-hydrogen) atoms. The Kier molecular flexibility index (Phi) is 5.31. The molecule has 5 nitrogen and oxygen atoms in total. The first-order valence-electron chi connectivity index (χ1n) is 8.27. The summed E-state index contributed by atoms with van der Waals surface area (Å²) in [7, 11) is -4.36. The third-order valence-electron chi connectivity index (χ3n) is 4.20. The van der Waals surface area contributed by atoms with Gasteiger partial charge in [0.1, 0.15) is 5.76 Å². The lowest BCUT2D eigenvalue weighted by Gasteiger charge is -2.14. The SMILES string of the molecule is Cc1noc(C)c1-c1cccc(CNS(=O)(=O)c2ccccc2C(F)(F)F)c1. The zero-order valence-corrected chi connectivity index (χ0v) is 15.9. The van der Waals surface area contributed by atoms with Gasteiger partial charge in [0.25, 0.3) is 0 Å². The van der Waals surface area contributed by atoms with Crippen molar-refractivity contribution in [1.29, 1.82) is 0 Å². The van der Waals surface area contributed by atoms with E-state index in [0.29, 0.717) is 17.0 Å². The second-order valence-corrected chi connectivity index (χ2v) is 7.95. The normalized spacial score (nSPS) is 12.3. The third-order valence-corrected chi connectivity index (χ3v) is 5.66. The lowest BCUT2D eigenvalue weighted by Crippen LogP contribution is -2.26. The molecule has 1 N–H and O–H groups in total. The van der Waals surface area contributed by atoms with E-state index < -0.39 is 26.7 Å². The van der Waals surface area contributed by atoms with Crippen LogP contribution in [-0.2, 0) is 22.7 Å². The van der Waals surface area contributed by atoms with Gasteiger partial charge >= 0.3 is 6.18 Å². The highest BCUT2D eigenvalue weighted by Crippen LogP contribution is 2.34. The first-order valence-corrected chi connectivity index (χ1v) is 9.76. The minimum Gasteiger partial charge on any atom is -0.361 e. The van der Waals surface area contributed by atoms with Crippen molar-refractivity contribution < 1.29 is 26.1 Å². The smallest absolute Gasteiger partial charge is 0.361 e. The highest BCUT2D eigenvalue weighted by atomic mass is 32.2. The quantitative estimate of drug-likeness (QED) is 0.674. The molecule has 0 bridgehead atoms.